The Bertz CT molecular complexity index is 1440. The number of rotatable bonds is 4. The lowest BCUT2D eigenvalue weighted by molar-refractivity contribution is -0.137. The number of fused-ring (bicyclic) bond motifs is 1. The minimum absolute atomic E-state index is 0.0288. The summed E-state index contributed by atoms with van der Waals surface area (Å²) < 4.78 is 54.1. The Kier molecular flexibility index (Phi) is 5.86. The van der Waals surface area contributed by atoms with E-state index < -0.39 is 41.3 Å². The Hall–Kier alpha value is -3.79. The molecule has 33 heavy (non-hydrogen) atoms. The number of amides is 1. The Morgan fingerprint density at radius 3 is 2.58 bits per heavy atom. The molecule has 2 aromatic carbocycles. The van der Waals surface area contributed by atoms with E-state index in [-0.39, 0.29) is 27.9 Å². The van der Waals surface area contributed by atoms with Crippen LogP contribution in [0.1, 0.15) is 5.56 Å². The normalized spacial score (nSPS) is 11.5. The van der Waals surface area contributed by atoms with E-state index >= 15 is 0 Å². The molecular weight excluding hydrogens is 464 g/mol. The highest BCUT2D eigenvalue weighted by atomic mass is 35.5. The zero-order chi connectivity index (χ0) is 23.8. The first kappa shape index (κ1) is 22.4. The van der Waals surface area contributed by atoms with Gasteiger partial charge in [0.1, 0.15) is 18.2 Å². The van der Waals surface area contributed by atoms with Crippen molar-refractivity contribution in [2.24, 2.45) is 0 Å². The predicted molar refractivity (Wildman–Crippen MR) is 114 cm³/mol. The topological polar surface area (TPSA) is 76.9 Å². The maximum atomic E-state index is 13.4. The first-order valence-electron chi connectivity index (χ1n) is 9.42. The molecule has 0 aliphatic rings. The van der Waals surface area contributed by atoms with Crippen LogP contribution in [0, 0.1) is 5.82 Å². The number of carbonyl (C=O) groups is 1. The molecule has 6 nitrogen and oxygen atoms in total. The van der Waals surface area contributed by atoms with E-state index in [1.54, 1.807) is 36.4 Å². The minimum Gasteiger partial charge on any atom is -0.324 e. The summed E-state index contributed by atoms with van der Waals surface area (Å²) in [7, 11) is 0. The van der Waals surface area contributed by atoms with Crippen LogP contribution >= 0.6 is 11.6 Å². The summed E-state index contributed by atoms with van der Waals surface area (Å²) in [5, 5.41) is 2.34. The molecule has 11 heteroatoms. The molecule has 0 aliphatic heterocycles. The maximum absolute atomic E-state index is 13.4. The van der Waals surface area contributed by atoms with Gasteiger partial charge < -0.3 is 5.32 Å². The summed E-state index contributed by atoms with van der Waals surface area (Å²) in [5.41, 5.74) is -2.11. The van der Waals surface area contributed by atoms with Crippen LogP contribution in [0.5, 0.6) is 0 Å². The van der Waals surface area contributed by atoms with Gasteiger partial charge in [-0.1, -0.05) is 23.7 Å². The van der Waals surface area contributed by atoms with Crippen molar-refractivity contribution in [1.82, 2.24) is 14.5 Å². The average Bonchev–Trinajstić information content (AvgIpc) is 2.76. The van der Waals surface area contributed by atoms with Gasteiger partial charge in [0.25, 0.3) is 5.56 Å². The maximum Gasteiger partial charge on any atom is 0.418 e. The second-order valence-electron chi connectivity index (χ2n) is 6.91. The lowest BCUT2D eigenvalue weighted by Crippen LogP contribution is -2.30. The lowest BCUT2D eigenvalue weighted by Gasteiger charge is -2.16. The summed E-state index contributed by atoms with van der Waals surface area (Å²) in [6.07, 6.45) is -3.53. The predicted octanol–water partition coefficient (Wildman–Crippen LogP) is 4.91. The number of halogens is 5. The molecule has 0 saturated heterocycles. The van der Waals surface area contributed by atoms with E-state index in [0.29, 0.717) is 5.56 Å². The van der Waals surface area contributed by atoms with Crippen LogP contribution in [0.25, 0.3) is 22.4 Å². The molecule has 0 spiro atoms. The van der Waals surface area contributed by atoms with Crippen LogP contribution in [-0.2, 0) is 17.5 Å². The Morgan fingerprint density at radius 1 is 1.09 bits per heavy atom. The molecule has 0 bridgehead atoms. The van der Waals surface area contributed by atoms with Crippen molar-refractivity contribution < 1.29 is 22.4 Å². The van der Waals surface area contributed by atoms with Gasteiger partial charge in [0.05, 0.1) is 21.8 Å². The van der Waals surface area contributed by atoms with Crippen molar-refractivity contribution in [1.29, 1.82) is 0 Å². The van der Waals surface area contributed by atoms with Crippen molar-refractivity contribution in [3.8, 4) is 11.4 Å². The zero-order valence-corrected chi connectivity index (χ0v) is 17.3. The van der Waals surface area contributed by atoms with Crippen LogP contribution < -0.4 is 10.9 Å². The summed E-state index contributed by atoms with van der Waals surface area (Å²) >= 11 is 6.25. The van der Waals surface area contributed by atoms with Crippen molar-refractivity contribution in [3.05, 3.63) is 87.6 Å². The number of nitrogens with one attached hydrogen (secondary N) is 1. The van der Waals surface area contributed by atoms with Crippen LogP contribution in [0.3, 0.4) is 0 Å². The van der Waals surface area contributed by atoms with Crippen molar-refractivity contribution >= 4 is 34.2 Å². The highest BCUT2D eigenvalue weighted by molar-refractivity contribution is 6.33. The first-order chi connectivity index (χ1) is 15.6. The van der Waals surface area contributed by atoms with E-state index in [2.05, 4.69) is 15.3 Å². The SMILES string of the molecule is O=C(Cn1c(-c2ccccc2Cl)nc2cccnc2c1=O)Nc1ccc(F)cc1C(F)(F)F. The van der Waals surface area contributed by atoms with E-state index in [1.807, 2.05) is 0 Å². The number of nitrogens with zero attached hydrogens (tertiary/aromatic N) is 3. The summed E-state index contributed by atoms with van der Waals surface area (Å²) in [6.45, 7) is -0.687. The highest BCUT2D eigenvalue weighted by Gasteiger charge is 2.34. The van der Waals surface area contributed by atoms with Crippen LogP contribution in [0.2, 0.25) is 5.02 Å². The quantitative estimate of drug-likeness (QED) is 0.425. The Balaban J connectivity index is 1.79. The van der Waals surface area contributed by atoms with Crippen molar-refractivity contribution in [3.63, 3.8) is 0 Å². The number of carbonyl (C=O) groups excluding carboxylic acids is 1. The molecule has 2 aromatic heterocycles. The van der Waals surface area contributed by atoms with E-state index in [1.165, 1.54) is 6.20 Å². The number of anilines is 1. The third kappa shape index (κ3) is 4.56. The third-order valence-corrected chi connectivity index (χ3v) is 5.02. The molecular formula is C22H13ClF4N4O2. The van der Waals surface area contributed by atoms with Gasteiger partial charge in [-0.2, -0.15) is 13.2 Å². The van der Waals surface area contributed by atoms with Crippen LogP contribution in [0.15, 0.2) is 65.6 Å². The molecule has 0 fully saturated rings. The Morgan fingerprint density at radius 2 is 1.85 bits per heavy atom. The first-order valence-corrected chi connectivity index (χ1v) is 9.80. The molecule has 0 aliphatic carbocycles. The van der Waals surface area contributed by atoms with E-state index in [4.69, 9.17) is 11.6 Å². The van der Waals surface area contributed by atoms with Gasteiger partial charge in [-0.15, -0.1) is 0 Å². The number of alkyl halides is 3. The molecule has 0 radical (unpaired) electrons. The molecule has 0 atom stereocenters. The molecule has 2 heterocycles. The second-order valence-corrected chi connectivity index (χ2v) is 7.32. The van der Waals surface area contributed by atoms with Crippen LogP contribution in [-0.4, -0.2) is 20.4 Å². The summed E-state index contributed by atoms with van der Waals surface area (Å²) in [6, 6.07) is 11.5. The number of aromatic nitrogens is 3. The third-order valence-electron chi connectivity index (χ3n) is 4.69. The summed E-state index contributed by atoms with van der Waals surface area (Å²) in [5.74, 6) is -2.03. The van der Waals surface area contributed by atoms with Gasteiger partial charge in [-0.3, -0.25) is 14.2 Å². The van der Waals surface area contributed by atoms with E-state index in [0.717, 1.165) is 16.7 Å². The second kappa shape index (κ2) is 8.62. The van der Waals surface area contributed by atoms with Gasteiger partial charge in [0, 0.05) is 11.8 Å². The number of hydrogen-bond acceptors (Lipinski definition) is 4. The molecule has 4 rings (SSSR count). The van der Waals surface area contributed by atoms with Gasteiger partial charge >= 0.3 is 6.18 Å². The highest BCUT2D eigenvalue weighted by Crippen LogP contribution is 2.35. The minimum atomic E-state index is -4.90. The fourth-order valence-corrected chi connectivity index (χ4v) is 3.46. The molecule has 1 amide bonds. The molecule has 0 saturated carbocycles. The zero-order valence-electron chi connectivity index (χ0n) is 16.5. The van der Waals surface area contributed by atoms with Crippen molar-refractivity contribution in [2.45, 2.75) is 12.7 Å². The number of benzene rings is 2. The molecule has 1 N–H and O–H groups in total. The monoisotopic (exact) mass is 476 g/mol. The van der Waals surface area contributed by atoms with Gasteiger partial charge in [0.15, 0.2) is 5.52 Å². The van der Waals surface area contributed by atoms with Gasteiger partial charge in [0.2, 0.25) is 5.91 Å². The molecule has 0 unspecified atom stereocenters. The summed E-state index contributed by atoms with van der Waals surface area (Å²) in [4.78, 5) is 34.2. The lowest BCUT2D eigenvalue weighted by atomic mass is 10.1. The Labute approximate surface area is 188 Å². The van der Waals surface area contributed by atoms with Crippen molar-refractivity contribution in [2.75, 3.05) is 5.32 Å². The van der Waals surface area contributed by atoms with Gasteiger partial charge in [-0.05, 0) is 42.5 Å². The average molecular weight is 477 g/mol. The largest absolute Gasteiger partial charge is 0.418 e. The smallest absolute Gasteiger partial charge is 0.324 e. The van der Waals surface area contributed by atoms with E-state index in [9.17, 15) is 27.2 Å². The fourth-order valence-electron chi connectivity index (χ4n) is 3.24. The molecule has 168 valence electrons. The standard InChI is InChI=1S/C22H13ClF4N4O2/c23-15-5-2-1-4-13(15)20-30-17-6-3-9-28-19(17)21(33)31(20)11-18(32)29-16-8-7-12(24)10-14(16)22(25,26)27/h1-10H,11H2,(H,29,32). The van der Waals surface area contributed by atoms with Gasteiger partial charge in [-0.25, -0.2) is 14.4 Å². The molecule has 4 aromatic rings. The fraction of sp³-hybridized carbons (Fsp3) is 0.0909. The number of hydrogen-bond donors (Lipinski definition) is 1. The van der Waals surface area contributed by atoms with Crippen LogP contribution in [0.4, 0.5) is 23.2 Å². The number of pyridine rings is 1.